The molecule has 3 heterocycles. The Balaban J connectivity index is 1.39. The molecule has 0 radical (unpaired) electrons. The van der Waals surface area contributed by atoms with Crippen LogP contribution in [0, 0.1) is 0 Å². The zero-order valence-electron chi connectivity index (χ0n) is 14.4. The number of nitrogens with zero attached hydrogens (tertiary/aromatic N) is 5. The summed E-state index contributed by atoms with van der Waals surface area (Å²) in [5.41, 5.74) is 2.11. The normalized spacial score (nSPS) is 14.0. The number of pyridine rings is 1. The van der Waals surface area contributed by atoms with Crippen LogP contribution in [0.15, 0.2) is 54.9 Å². The highest BCUT2D eigenvalue weighted by Crippen LogP contribution is 2.23. The summed E-state index contributed by atoms with van der Waals surface area (Å²) in [7, 11) is 0. The third kappa shape index (κ3) is 3.55. The van der Waals surface area contributed by atoms with Gasteiger partial charge in [0, 0.05) is 19.3 Å². The molecule has 4 rings (SSSR count). The maximum Gasteiger partial charge on any atom is 0.335 e. The number of aromatic nitrogens is 4. The van der Waals surface area contributed by atoms with Crippen molar-refractivity contribution in [3.63, 3.8) is 0 Å². The van der Waals surface area contributed by atoms with Crippen LogP contribution in [0.4, 0.5) is 0 Å². The van der Waals surface area contributed by atoms with E-state index in [2.05, 4.69) is 15.3 Å². The molecule has 1 saturated heterocycles. The third-order valence-electron chi connectivity index (χ3n) is 4.57. The van der Waals surface area contributed by atoms with Crippen LogP contribution in [0.3, 0.4) is 0 Å². The summed E-state index contributed by atoms with van der Waals surface area (Å²) in [6.45, 7) is 1.16. The van der Waals surface area contributed by atoms with E-state index >= 15 is 0 Å². The van der Waals surface area contributed by atoms with Crippen molar-refractivity contribution in [3.05, 3.63) is 66.0 Å². The average Bonchev–Trinajstić information content (AvgIpc) is 3.11. The van der Waals surface area contributed by atoms with Gasteiger partial charge >= 0.3 is 5.97 Å². The fourth-order valence-electron chi connectivity index (χ4n) is 2.98. The summed E-state index contributed by atoms with van der Waals surface area (Å²) in [4.78, 5) is 29.3. The van der Waals surface area contributed by atoms with Crippen LogP contribution in [0.2, 0.25) is 0 Å². The number of benzene rings is 1. The van der Waals surface area contributed by atoms with Gasteiger partial charge in [-0.15, -0.1) is 5.10 Å². The lowest BCUT2D eigenvalue weighted by Crippen LogP contribution is -2.51. The summed E-state index contributed by atoms with van der Waals surface area (Å²) in [5, 5.41) is 17.3. The smallest absolute Gasteiger partial charge is 0.335 e. The predicted octanol–water partition coefficient (Wildman–Crippen LogP) is 1.66. The molecule has 8 heteroatoms. The maximum atomic E-state index is 12.3. The van der Waals surface area contributed by atoms with E-state index in [1.165, 1.54) is 18.3 Å². The number of carboxylic acids is 1. The number of hydrogen-bond acceptors (Lipinski definition) is 5. The molecule has 0 aliphatic carbocycles. The molecular formula is C19H17N5O3. The highest BCUT2D eigenvalue weighted by molar-refractivity contribution is 5.88. The first-order valence-corrected chi connectivity index (χ1v) is 8.53. The van der Waals surface area contributed by atoms with E-state index in [1.54, 1.807) is 15.8 Å². The Kier molecular flexibility index (Phi) is 4.37. The van der Waals surface area contributed by atoms with Gasteiger partial charge in [0.05, 0.1) is 29.9 Å². The number of carbonyl (C=O) groups excluding carboxylic acids is 1. The topological polar surface area (TPSA) is 101 Å². The molecule has 136 valence electrons. The lowest BCUT2D eigenvalue weighted by Gasteiger charge is -2.39. The fourth-order valence-corrected chi connectivity index (χ4v) is 2.98. The first-order chi connectivity index (χ1) is 13.1. The molecule has 1 aliphatic rings. The van der Waals surface area contributed by atoms with E-state index in [0.29, 0.717) is 30.9 Å². The number of rotatable bonds is 5. The van der Waals surface area contributed by atoms with Crippen LogP contribution in [0.1, 0.15) is 22.0 Å². The Morgan fingerprint density at radius 2 is 1.89 bits per heavy atom. The van der Waals surface area contributed by atoms with Crippen LogP contribution in [-0.4, -0.2) is 55.0 Å². The van der Waals surface area contributed by atoms with Gasteiger partial charge in [-0.2, -0.15) is 0 Å². The van der Waals surface area contributed by atoms with E-state index in [-0.39, 0.29) is 17.5 Å². The van der Waals surface area contributed by atoms with Gasteiger partial charge in [-0.3, -0.25) is 9.78 Å². The maximum absolute atomic E-state index is 12.3. The van der Waals surface area contributed by atoms with Crippen LogP contribution in [0.5, 0.6) is 0 Å². The van der Waals surface area contributed by atoms with Crippen molar-refractivity contribution in [1.29, 1.82) is 0 Å². The molecule has 27 heavy (non-hydrogen) atoms. The lowest BCUT2D eigenvalue weighted by molar-refractivity contribution is -0.136. The van der Waals surface area contributed by atoms with Crippen molar-refractivity contribution in [2.75, 3.05) is 13.1 Å². The SMILES string of the molecule is O=C(O)c1ccnc(-c2cn(C3CN(C(=O)Cc4ccccc4)C3)nn2)c1. The quantitative estimate of drug-likeness (QED) is 0.740. The van der Waals surface area contributed by atoms with Gasteiger partial charge in [-0.05, 0) is 17.7 Å². The Hall–Kier alpha value is -3.55. The Morgan fingerprint density at radius 3 is 2.63 bits per heavy atom. The highest BCUT2D eigenvalue weighted by Gasteiger charge is 2.32. The van der Waals surface area contributed by atoms with E-state index in [4.69, 9.17) is 5.11 Å². The van der Waals surface area contributed by atoms with Crippen molar-refractivity contribution in [3.8, 4) is 11.4 Å². The number of carbonyl (C=O) groups is 2. The standard InChI is InChI=1S/C19H17N5O3/c25-18(8-13-4-2-1-3-5-13)23-10-15(11-23)24-12-17(21-22-24)16-9-14(19(26)27)6-7-20-16/h1-7,9,12,15H,8,10-11H2,(H,26,27). The second-order valence-electron chi connectivity index (χ2n) is 6.43. The predicted molar refractivity (Wildman–Crippen MR) is 96.0 cm³/mol. The molecule has 0 atom stereocenters. The molecule has 8 nitrogen and oxygen atoms in total. The lowest BCUT2D eigenvalue weighted by atomic mass is 10.1. The van der Waals surface area contributed by atoms with Crippen LogP contribution >= 0.6 is 0 Å². The molecule has 1 N–H and O–H groups in total. The molecule has 0 bridgehead atoms. The van der Waals surface area contributed by atoms with Gasteiger partial charge in [-0.1, -0.05) is 35.5 Å². The molecular weight excluding hydrogens is 346 g/mol. The largest absolute Gasteiger partial charge is 0.478 e. The molecule has 0 unspecified atom stereocenters. The minimum Gasteiger partial charge on any atom is -0.478 e. The summed E-state index contributed by atoms with van der Waals surface area (Å²) >= 11 is 0. The zero-order valence-corrected chi connectivity index (χ0v) is 14.4. The van der Waals surface area contributed by atoms with E-state index < -0.39 is 5.97 Å². The molecule has 1 fully saturated rings. The monoisotopic (exact) mass is 363 g/mol. The average molecular weight is 363 g/mol. The van der Waals surface area contributed by atoms with Crippen LogP contribution in [0.25, 0.3) is 11.4 Å². The Bertz CT molecular complexity index is 980. The Labute approximate surface area is 155 Å². The molecule has 0 saturated carbocycles. The van der Waals surface area contributed by atoms with Crippen molar-refractivity contribution in [1.82, 2.24) is 24.9 Å². The first kappa shape index (κ1) is 16.9. The minimum absolute atomic E-state index is 0.0635. The number of carboxylic acid groups (broad SMARTS) is 1. The van der Waals surface area contributed by atoms with Gasteiger partial charge < -0.3 is 10.0 Å². The van der Waals surface area contributed by atoms with Gasteiger partial charge in [0.2, 0.25) is 5.91 Å². The van der Waals surface area contributed by atoms with Gasteiger partial charge in [0.15, 0.2) is 0 Å². The van der Waals surface area contributed by atoms with Crippen LogP contribution < -0.4 is 0 Å². The van der Waals surface area contributed by atoms with Crippen molar-refractivity contribution >= 4 is 11.9 Å². The third-order valence-corrected chi connectivity index (χ3v) is 4.57. The van der Waals surface area contributed by atoms with Crippen molar-refractivity contribution in [2.45, 2.75) is 12.5 Å². The molecule has 0 spiro atoms. The molecule has 1 aliphatic heterocycles. The second-order valence-corrected chi connectivity index (χ2v) is 6.43. The molecule has 2 aromatic heterocycles. The summed E-state index contributed by atoms with van der Waals surface area (Å²) in [5.74, 6) is -0.925. The molecule has 1 amide bonds. The second kappa shape index (κ2) is 6.99. The number of likely N-dealkylation sites (tertiary alicyclic amines) is 1. The van der Waals surface area contributed by atoms with Crippen LogP contribution in [-0.2, 0) is 11.2 Å². The highest BCUT2D eigenvalue weighted by atomic mass is 16.4. The number of aromatic carboxylic acids is 1. The van der Waals surface area contributed by atoms with Crippen molar-refractivity contribution < 1.29 is 14.7 Å². The zero-order chi connectivity index (χ0) is 18.8. The minimum atomic E-state index is -1.02. The molecule has 1 aromatic carbocycles. The number of hydrogen-bond donors (Lipinski definition) is 1. The summed E-state index contributed by atoms with van der Waals surface area (Å²) in [6.07, 6.45) is 3.56. The van der Waals surface area contributed by atoms with E-state index in [1.807, 2.05) is 30.3 Å². The Morgan fingerprint density at radius 1 is 1.11 bits per heavy atom. The first-order valence-electron chi connectivity index (χ1n) is 8.53. The van der Waals surface area contributed by atoms with Gasteiger partial charge in [0.1, 0.15) is 5.69 Å². The van der Waals surface area contributed by atoms with E-state index in [9.17, 15) is 9.59 Å². The van der Waals surface area contributed by atoms with E-state index in [0.717, 1.165) is 5.56 Å². The number of amides is 1. The van der Waals surface area contributed by atoms with Gasteiger partial charge in [0.25, 0.3) is 0 Å². The molecule has 3 aromatic rings. The fraction of sp³-hybridized carbons (Fsp3) is 0.211. The summed E-state index contributed by atoms with van der Waals surface area (Å²) in [6, 6.07) is 12.6. The summed E-state index contributed by atoms with van der Waals surface area (Å²) < 4.78 is 1.71. The van der Waals surface area contributed by atoms with Gasteiger partial charge in [-0.25, -0.2) is 9.48 Å². The van der Waals surface area contributed by atoms with Crippen molar-refractivity contribution in [2.24, 2.45) is 0 Å².